The Balaban J connectivity index is 1.59. The molecule has 0 aliphatic rings. The van der Waals surface area contributed by atoms with E-state index in [9.17, 15) is 8.42 Å². The van der Waals surface area contributed by atoms with Crippen molar-refractivity contribution in [3.8, 4) is 0 Å². The quantitative estimate of drug-likeness (QED) is 0.240. The van der Waals surface area contributed by atoms with E-state index in [1.54, 1.807) is 18.2 Å². The highest BCUT2D eigenvalue weighted by molar-refractivity contribution is 8.22. The molecule has 1 heterocycles. The number of benzene rings is 5. The third kappa shape index (κ3) is 4.37. The van der Waals surface area contributed by atoms with E-state index in [4.69, 9.17) is 11.8 Å². The zero-order chi connectivity index (χ0) is 26.2. The molecule has 8 heteroatoms. The van der Waals surface area contributed by atoms with Gasteiger partial charge in [0.25, 0.3) is 10.0 Å². The average Bonchev–Trinajstić information content (AvgIpc) is 3.42. The first-order chi connectivity index (χ1) is 18.5. The molecule has 0 N–H and O–H groups in total. The van der Waals surface area contributed by atoms with E-state index < -0.39 is 21.7 Å². The summed E-state index contributed by atoms with van der Waals surface area (Å²) in [4.78, 5) is 0. The summed E-state index contributed by atoms with van der Waals surface area (Å²) in [5.41, 5.74) is 1.38. The van der Waals surface area contributed by atoms with E-state index in [2.05, 4.69) is 22.4 Å². The summed E-state index contributed by atoms with van der Waals surface area (Å²) < 4.78 is 29.3. The molecule has 6 rings (SSSR count). The van der Waals surface area contributed by atoms with Gasteiger partial charge in [0, 0.05) is 11.7 Å². The number of rotatable bonds is 7. The van der Waals surface area contributed by atoms with Crippen LogP contribution in [0, 0.1) is 0 Å². The van der Waals surface area contributed by atoms with Crippen molar-refractivity contribution in [2.24, 2.45) is 0 Å². The van der Waals surface area contributed by atoms with Gasteiger partial charge in [-0.25, -0.2) is 8.42 Å². The minimum Gasteiger partial charge on any atom is -0.205 e. The van der Waals surface area contributed by atoms with E-state index in [0.29, 0.717) is 11.0 Å². The second kappa shape index (κ2) is 9.91. The third-order valence-corrected chi connectivity index (χ3v) is 14.1. The van der Waals surface area contributed by atoms with Crippen molar-refractivity contribution in [2.75, 3.05) is 5.75 Å². The molecule has 0 aliphatic heterocycles. The molecule has 1 aromatic heterocycles. The topological polar surface area (TPSA) is 64.8 Å². The number of fused-ring (bicyclic) bond motifs is 2. The number of hydrogen-bond donors (Lipinski definition) is 0. The van der Waals surface area contributed by atoms with Gasteiger partial charge in [-0.1, -0.05) is 132 Å². The highest BCUT2D eigenvalue weighted by Gasteiger charge is 2.38. The molecule has 5 nitrogen and oxygen atoms in total. The first kappa shape index (κ1) is 24.7. The third-order valence-electron chi connectivity index (χ3n) is 6.83. The molecular weight excluding hydrogens is 529 g/mol. The van der Waals surface area contributed by atoms with Crippen LogP contribution in [0.5, 0.6) is 0 Å². The maximum atomic E-state index is 14.1. The summed E-state index contributed by atoms with van der Waals surface area (Å²) in [5.74, 6) is -0.209. The van der Waals surface area contributed by atoms with Crippen LogP contribution in [-0.4, -0.2) is 28.6 Å². The second-order valence-electron chi connectivity index (χ2n) is 9.15. The normalized spacial score (nSPS) is 13.1. The lowest BCUT2D eigenvalue weighted by Crippen LogP contribution is -2.29. The van der Waals surface area contributed by atoms with Gasteiger partial charge in [0.2, 0.25) is 0 Å². The van der Waals surface area contributed by atoms with Gasteiger partial charge in [-0.15, -0.1) is 9.19 Å². The van der Waals surface area contributed by atoms with Gasteiger partial charge in [-0.3, -0.25) is 0 Å². The molecule has 0 saturated heterocycles. The monoisotopic (exact) mass is 553 g/mol. The highest BCUT2D eigenvalue weighted by Crippen LogP contribution is 2.58. The van der Waals surface area contributed by atoms with Crippen molar-refractivity contribution in [3.63, 3.8) is 0 Å². The van der Waals surface area contributed by atoms with Gasteiger partial charge < -0.3 is 0 Å². The van der Waals surface area contributed by atoms with E-state index >= 15 is 0 Å². The molecule has 0 radical (unpaired) electrons. The number of aromatic nitrogens is 3. The lowest BCUT2D eigenvalue weighted by molar-refractivity contribution is 0.578. The lowest BCUT2D eigenvalue weighted by atomic mass is 10.1. The van der Waals surface area contributed by atoms with Crippen molar-refractivity contribution in [1.82, 2.24) is 14.4 Å². The molecular formula is C30H24N3O2PS2. The maximum absolute atomic E-state index is 14.1. The Morgan fingerprint density at radius 3 is 1.97 bits per heavy atom. The first-order valence-corrected chi connectivity index (χ1v) is 16.7. The fraction of sp³-hybridized carbons (Fsp3) is 0.0667. The van der Waals surface area contributed by atoms with E-state index in [-0.39, 0.29) is 5.75 Å². The summed E-state index contributed by atoms with van der Waals surface area (Å²) in [5, 5.41) is 12.2. The largest absolute Gasteiger partial charge is 0.256 e. The minimum atomic E-state index is -3.94. The SMILES string of the molecule is O=S(=O)(C[C@@H](c1ccc2ccccc2c1)P(=S)(c1ccccc1)c1ccccc1)n1nnc2ccccc21. The smallest absolute Gasteiger partial charge is 0.205 e. The Morgan fingerprint density at radius 2 is 1.29 bits per heavy atom. The summed E-state index contributed by atoms with van der Waals surface area (Å²) in [6.07, 6.45) is 0. The van der Waals surface area contributed by atoms with Crippen molar-refractivity contribution in [2.45, 2.75) is 5.66 Å². The first-order valence-electron chi connectivity index (χ1n) is 12.2. The van der Waals surface area contributed by atoms with Crippen LogP contribution >= 0.6 is 6.04 Å². The molecule has 1 atom stereocenters. The van der Waals surface area contributed by atoms with Crippen LogP contribution < -0.4 is 10.6 Å². The fourth-order valence-corrected chi connectivity index (χ4v) is 12.2. The second-order valence-corrected chi connectivity index (χ2v) is 15.7. The maximum Gasteiger partial charge on any atom is 0.256 e. The Morgan fingerprint density at radius 1 is 0.711 bits per heavy atom. The molecule has 0 spiro atoms. The van der Waals surface area contributed by atoms with Gasteiger partial charge in [0.05, 0.1) is 5.75 Å². The van der Waals surface area contributed by atoms with Crippen LogP contribution in [0.25, 0.3) is 21.8 Å². The minimum absolute atomic E-state index is 0.209. The molecule has 0 saturated carbocycles. The molecule has 6 aromatic rings. The molecule has 0 aliphatic carbocycles. The molecule has 0 bridgehead atoms. The zero-order valence-corrected chi connectivity index (χ0v) is 22.9. The number of para-hydroxylation sites is 1. The fourth-order valence-electron chi connectivity index (χ4n) is 4.96. The predicted octanol–water partition coefficient (Wildman–Crippen LogP) is 5.63. The van der Waals surface area contributed by atoms with Crippen LogP contribution in [0.1, 0.15) is 11.2 Å². The highest BCUT2D eigenvalue weighted by atomic mass is 32.4. The number of nitrogens with zero attached hydrogens (tertiary/aromatic N) is 3. The molecule has 0 amide bonds. The Labute approximate surface area is 226 Å². The Hall–Kier alpha value is -3.64. The van der Waals surface area contributed by atoms with E-state index in [1.807, 2.05) is 97.1 Å². The van der Waals surface area contributed by atoms with Crippen LogP contribution in [-0.2, 0) is 21.8 Å². The van der Waals surface area contributed by atoms with Crippen LogP contribution in [0.15, 0.2) is 127 Å². The molecule has 38 heavy (non-hydrogen) atoms. The van der Waals surface area contributed by atoms with Crippen molar-refractivity contribution >= 4 is 60.3 Å². The predicted molar refractivity (Wildman–Crippen MR) is 160 cm³/mol. The van der Waals surface area contributed by atoms with Crippen molar-refractivity contribution in [1.29, 1.82) is 0 Å². The lowest BCUT2D eigenvalue weighted by Gasteiger charge is -2.33. The van der Waals surface area contributed by atoms with E-state index in [0.717, 1.165) is 31.0 Å². The van der Waals surface area contributed by atoms with Gasteiger partial charge >= 0.3 is 0 Å². The van der Waals surface area contributed by atoms with Gasteiger partial charge in [0.15, 0.2) is 0 Å². The number of hydrogen-bond acceptors (Lipinski definition) is 5. The van der Waals surface area contributed by atoms with Gasteiger partial charge in [0.1, 0.15) is 11.0 Å². The van der Waals surface area contributed by atoms with Crippen LogP contribution in [0.3, 0.4) is 0 Å². The molecule has 0 fully saturated rings. The van der Waals surface area contributed by atoms with Gasteiger partial charge in [-0.05, 0) is 39.1 Å². The van der Waals surface area contributed by atoms with E-state index in [1.165, 1.54) is 0 Å². The molecule has 0 unspecified atom stereocenters. The zero-order valence-electron chi connectivity index (χ0n) is 20.3. The standard InChI is InChI=1S/C30H24N3O2PS2/c34-38(35,33-29-18-10-9-17-28(29)31-32-33)22-30(25-20-19-23-11-7-8-12-24(23)21-25)36(37,26-13-3-1-4-14-26)27-15-5-2-6-16-27/h1-21,30H,22H2/t30-/m0/s1. The summed E-state index contributed by atoms with van der Waals surface area (Å²) in [6.45, 7) is 0. The summed E-state index contributed by atoms with van der Waals surface area (Å²) >= 11 is 6.66. The summed E-state index contributed by atoms with van der Waals surface area (Å²) in [7, 11) is -3.94. The Kier molecular flexibility index (Phi) is 6.44. The average molecular weight is 554 g/mol. The van der Waals surface area contributed by atoms with Crippen LogP contribution in [0.4, 0.5) is 0 Å². The Bertz CT molecular complexity index is 1860. The van der Waals surface area contributed by atoms with Crippen LogP contribution in [0.2, 0.25) is 0 Å². The van der Waals surface area contributed by atoms with Crippen molar-refractivity contribution < 1.29 is 8.42 Å². The summed E-state index contributed by atoms with van der Waals surface area (Å²) in [6, 6.07) is 38.5. The van der Waals surface area contributed by atoms with Crippen molar-refractivity contribution in [3.05, 3.63) is 133 Å². The molecule has 5 aromatic carbocycles. The molecule has 188 valence electrons. The van der Waals surface area contributed by atoms with Gasteiger partial charge in [-0.2, -0.15) is 0 Å².